The summed E-state index contributed by atoms with van der Waals surface area (Å²) < 4.78 is 6.00. The van der Waals surface area contributed by atoms with Crippen molar-refractivity contribution in [3.05, 3.63) is 48.2 Å². The lowest BCUT2D eigenvalue weighted by Crippen LogP contribution is -2.35. The molecule has 6 heteroatoms. The molecule has 0 atom stereocenters. The second kappa shape index (κ2) is 9.74. The second-order valence-electron chi connectivity index (χ2n) is 8.17. The van der Waals surface area contributed by atoms with Gasteiger partial charge in [-0.1, -0.05) is 19.3 Å². The van der Waals surface area contributed by atoms with E-state index in [2.05, 4.69) is 10.3 Å². The van der Waals surface area contributed by atoms with E-state index in [0.29, 0.717) is 36.1 Å². The highest BCUT2D eigenvalue weighted by molar-refractivity contribution is 6.05. The summed E-state index contributed by atoms with van der Waals surface area (Å²) in [4.78, 5) is 30.9. The Balaban J connectivity index is 1.39. The Kier molecular flexibility index (Phi) is 6.62. The van der Waals surface area contributed by atoms with Gasteiger partial charge in [0, 0.05) is 30.4 Å². The molecule has 6 nitrogen and oxygen atoms in total. The lowest BCUT2D eigenvalue weighted by Gasteiger charge is -2.26. The van der Waals surface area contributed by atoms with Crippen LogP contribution >= 0.6 is 0 Å². The number of nitrogens with one attached hydrogen (secondary N) is 1. The molecule has 158 valence electrons. The second-order valence-corrected chi connectivity index (χ2v) is 8.17. The molecule has 0 radical (unpaired) electrons. The first-order valence-corrected chi connectivity index (χ1v) is 11.0. The smallest absolute Gasteiger partial charge is 0.256 e. The van der Waals surface area contributed by atoms with Gasteiger partial charge in [0.15, 0.2) is 11.6 Å². The largest absolute Gasteiger partial charge is 0.489 e. The molecule has 1 aromatic heterocycles. The zero-order valence-corrected chi connectivity index (χ0v) is 17.3. The molecule has 1 aliphatic heterocycles. The summed E-state index contributed by atoms with van der Waals surface area (Å²) in [5.74, 6) is 1.52. The molecule has 1 aliphatic carbocycles. The Morgan fingerprint density at radius 1 is 1.07 bits per heavy atom. The van der Waals surface area contributed by atoms with Gasteiger partial charge in [-0.05, 0) is 68.0 Å². The number of nitrogens with zero attached hydrogens (tertiary/aromatic N) is 2. The van der Waals surface area contributed by atoms with Crippen LogP contribution in [-0.2, 0) is 4.79 Å². The topological polar surface area (TPSA) is 71.5 Å². The van der Waals surface area contributed by atoms with E-state index in [-0.39, 0.29) is 11.8 Å². The Morgan fingerprint density at radius 2 is 1.87 bits per heavy atom. The molecule has 4 rings (SSSR count). The molecule has 30 heavy (non-hydrogen) atoms. The number of aromatic nitrogens is 1. The van der Waals surface area contributed by atoms with Gasteiger partial charge in [-0.25, -0.2) is 4.98 Å². The molecule has 0 bridgehead atoms. The molecule has 1 aromatic carbocycles. The highest BCUT2D eigenvalue weighted by Crippen LogP contribution is 2.27. The lowest BCUT2D eigenvalue weighted by atomic mass is 9.90. The zero-order valence-electron chi connectivity index (χ0n) is 17.3. The Hall–Kier alpha value is -2.89. The fraction of sp³-hybridized carbons (Fsp3) is 0.458. The van der Waals surface area contributed by atoms with Crippen molar-refractivity contribution in [1.82, 2.24) is 4.98 Å². The van der Waals surface area contributed by atoms with E-state index in [4.69, 9.17) is 4.74 Å². The summed E-state index contributed by atoms with van der Waals surface area (Å²) in [5, 5.41) is 2.87. The average Bonchev–Trinajstić information content (AvgIpc) is 2.80. The van der Waals surface area contributed by atoms with Crippen molar-refractivity contribution in [2.75, 3.05) is 23.4 Å². The molecule has 2 fully saturated rings. The van der Waals surface area contributed by atoms with E-state index in [1.54, 1.807) is 23.2 Å². The van der Waals surface area contributed by atoms with Gasteiger partial charge in [-0.3, -0.25) is 9.59 Å². The number of rotatable bonds is 6. The number of pyridine rings is 1. The normalized spacial score (nSPS) is 17.6. The van der Waals surface area contributed by atoms with Crippen LogP contribution in [0.4, 0.5) is 11.5 Å². The molecule has 2 amide bonds. The summed E-state index contributed by atoms with van der Waals surface area (Å²) in [6.07, 6.45) is 10.5. The summed E-state index contributed by atoms with van der Waals surface area (Å²) in [7, 11) is 0. The molecule has 2 heterocycles. The van der Waals surface area contributed by atoms with Crippen LogP contribution in [-0.4, -0.2) is 29.9 Å². The fourth-order valence-corrected chi connectivity index (χ4v) is 4.21. The fourth-order valence-electron chi connectivity index (χ4n) is 4.21. The summed E-state index contributed by atoms with van der Waals surface area (Å²) >= 11 is 0. The maximum atomic E-state index is 12.7. The van der Waals surface area contributed by atoms with Crippen LogP contribution in [0.5, 0.6) is 5.75 Å². The summed E-state index contributed by atoms with van der Waals surface area (Å²) in [6, 6.07) is 10.8. The van der Waals surface area contributed by atoms with Crippen molar-refractivity contribution >= 4 is 23.3 Å². The van der Waals surface area contributed by atoms with Crippen LogP contribution in [0, 0.1) is 5.92 Å². The minimum absolute atomic E-state index is 0.145. The van der Waals surface area contributed by atoms with Crippen LogP contribution in [0.3, 0.4) is 0 Å². The van der Waals surface area contributed by atoms with Crippen LogP contribution in [0.2, 0.25) is 0 Å². The van der Waals surface area contributed by atoms with Crippen molar-refractivity contribution in [3.8, 4) is 5.75 Å². The number of carbonyl (C=O) groups excluding carboxylic acids is 2. The number of carbonyl (C=O) groups is 2. The molecular formula is C24H29N3O3. The van der Waals surface area contributed by atoms with Gasteiger partial charge in [-0.15, -0.1) is 0 Å². The van der Waals surface area contributed by atoms with Gasteiger partial charge in [0.2, 0.25) is 5.91 Å². The maximum absolute atomic E-state index is 12.7. The predicted molar refractivity (Wildman–Crippen MR) is 117 cm³/mol. The van der Waals surface area contributed by atoms with E-state index in [0.717, 1.165) is 25.1 Å². The number of amides is 2. The van der Waals surface area contributed by atoms with E-state index < -0.39 is 0 Å². The highest BCUT2D eigenvalue weighted by Gasteiger charge is 2.20. The quantitative estimate of drug-likeness (QED) is 0.746. The lowest BCUT2D eigenvalue weighted by molar-refractivity contribution is -0.119. The summed E-state index contributed by atoms with van der Waals surface area (Å²) in [5.41, 5.74) is 1.36. The first-order chi connectivity index (χ1) is 14.7. The Bertz CT molecular complexity index is 876. The molecule has 0 unspecified atom stereocenters. The molecule has 1 N–H and O–H groups in total. The van der Waals surface area contributed by atoms with Crippen molar-refractivity contribution < 1.29 is 14.3 Å². The third-order valence-electron chi connectivity index (χ3n) is 5.97. The van der Waals surface area contributed by atoms with Crippen molar-refractivity contribution in [1.29, 1.82) is 0 Å². The standard InChI is InChI=1S/C24H29N3O3/c28-22-10-4-5-16-27(22)20-13-11-19(12-14-20)24(29)26-23-21(9-6-15-25-23)30-17-18-7-2-1-3-8-18/h6,9,11-15,18H,1-5,7-8,10,16-17H2,(H,25,26,29). The van der Waals surface area contributed by atoms with E-state index >= 15 is 0 Å². The minimum atomic E-state index is -0.243. The molecule has 1 saturated heterocycles. The van der Waals surface area contributed by atoms with Gasteiger partial charge in [-0.2, -0.15) is 0 Å². The molecule has 1 saturated carbocycles. The van der Waals surface area contributed by atoms with E-state index in [1.165, 1.54) is 32.1 Å². The van der Waals surface area contributed by atoms with Crippen molar-refractivity contribution in [2.45, 2.75) is 51.4 Å². The predicted octanol–water partition coefficient (Wildman–Crippen LogP) is 4.81. The monoisotopic (exact) mass is 407 g/mol. The van der Waals surface area contributed by atoms with Gasteiger partial charge in [0.25, 0.3) is 5.91 Å². The zero-order chi connectivity index (χ0) is 20.8. The number of benzene rings is 1. The Morgan fingerprint density at radius 3 is 2.63 bits per heavy atom. The van der Waals surface area contributed by atoms with Crippen LogP contribution < -0.4 is 15.0 Å². The number of piperidine rings is 1. The third-order valence-corrected chi connectivity index (χ3v) is 5.97. The Labute approximate surface area is 177 Å². The first-order valence-electron chi connectivity index (χ1n) is 11.0. The summed E-state index contributed by atoms with van der Waals surface area (Å²) in [6.45, 7) is 1.40. The van der Waals surface area contributed by atoms with Crippen molar-refractivity contribution in [2.24, 2.45) is 5.92 Å². The highest BCUT2D eigenvalue weighted by atomic mass is 16.5. The number of hydrogen-bond acceptors (Lipinski definition) is 4. The van der Waals surface area contributed by atoms with Crippen LogP contribution in [0.1, 0.15) is 61.7 Å². The van der Waals surface area contributed by atoms with Gasteiger partial charge < -0.3 is 15.0 Å². The SMILES string of the molecule is O=C(Nc1ncccc1OCC1CCCCC1)c1ccc(N2CCCCC2=O)cc1. The molecule has 0 spiro atoms. The van der Waals surface area contributed by atoms with E-state index in [1.807, 2.05) is 24.3 Å². The molecule has 2 aliphatic rings. The minimum Gasteiger partial charge on any atom is -0.489 e. The molecule has 2 aromatic rings. The van der Waals surface area contributed by atoms with Gasteiger partial charge >= 0.3 is 0 Å². The van der Waals surface area contributed by atoms with Gasteiger partial charge in [0.1, 0.15) is 0 Å². The van der Waals surface area contributed by atoms with Crippen LogP contribution in [0.15, 0.2) is 42.6 Å². The van der Waals surface area contributed by atoms with Crippen molar-refractivity contribution in [3.63, 3.8) is 0 Å². The number of ether oxygens (including phenoxy) is 1. The maximum Gasteiger partial charge on any atom is 0.256 e. The average molecular weight is 408 g/mol. The third kappa shape index (κ3) is 4.99. The first kappa shape index (κ1) is 20.4. The van der Waals surface area contributed by atoms with E-state index in [9.17, 15) is 9.59 Å². The number of anilines is 2. The van der Waals surface area contributed by atoms with Crippen LogP contribution in [0.25, 0.3) is 0 Å². The molecular weight excluding hydrogens is 378 g/mol. The van der Waals surface area contributed by atoms with Gasteiger partial charge in [0.05, 0.1) is 6.61 Å². The number of hydrogen-bond donors (Lipinski definition) is 1.